The number of benzene rings is 1. The number of amides is 2. The van der Waals surface area contributed by atoms with Crippen molar-refractivity contribution in [3.05, 3.63) is 52.7 Å². The molecular formula is C17H21ClN4O2. The normalized spacial score (nSPS) is 12.5. The van der Waals surface area contributed by atoms with Gasteiger partial charge in [0.1, 0.15) is 0 Å². The van der Waals surface area contributed by atoms with E-state index in [4.69, 9.17) is 11.6 Å². The first kappa shape index (κ1) is 18.2. The van der Waals surface area contributed by atoms with Crippen LogP contribution in [0, 0.1) is 0 Å². The number of aliphatic hydroxyl groups excluding tert-OH is 1. The summed E-state index contributed by atoms with van der Waals surface area (Å²) in [5.41, 5.74) is 1.30. The summed E-state index contributed by atoms with van der Waals surface area (Å²) in [6.45, 7) is 6.13. The molecule has 1 aromatic heterocycles. The standard InChI is InChI=1S/C17H21ClN4O2/c1-17(2,3)14-8-9-15(22-21-14)20-16(24)19-10-13(23)11-6-4-5-7-12(11)18/h4-9,13,23H,10H2,1-3H3,(H2,19,20,22,24). The molecule has 2 aromatic rings. The molecule has 7 heteroatoms. The molecule has 0 bridgehead atoms. The number of hydrogen-bond donors (Lipinski definition) is 3. The van der Waals surface area contributed by atoms with E-state index in [1.54, 1.807) is 30.3 Å². The van der Waals surface area contributed by atoms with Crippen molar-refractivity contribution in [3.63, 3.8) is 0 Å². The van der Waals surface area contributed by atoms with Crippen molar-refractivity contribution < 1.29 is 9.90 Å². The van der Waals surface area contributed by atoms with E-state index in [2.05, 4.69) is 20.8 Å². The van der Waals surface area contributed by atoms with E-state index in [1.165, 1.54) is 0 Å². The van der Waals surface area contributed by atoms with Gasteiger partial charge in [-0.1, -0.05) is 50.6 Å². The van der Waals surface area contributed by atoms with Crippen molar-refractivity contribution in [2.45, 2.75) is 32.3 Å². The van der Waals surface area contributed by atoms with Gasteiger partial charge in [0.05, 0.1) is 11.8 Å². The van der Waals surface area contributed by atoms with Crippen molar-refractivity contribution in [3.8, 4) is 0 Å². The maximum atomic E-state index is 11.9. The fourth-order valence-corrected chi connectivity index (χ4v) is 2.27. The van der Waals surface area contributed by atoms with Gasteiger partial charge in [-0.25, -0.2) is 4.79 Å². The number of aliphatic hydroxyl groups is 1. The quantitative estimate of drug-likeness (QED) is 0.791. The van der Waals surface area contributed by atoms with E-state index in [0.29, 0.717) is 16.4 Å². The van der Waals surface area contributed by atoms with Gasteiger partial charge < -0.3 is 10.4 Å². The van der Waals surface area contributed by atoms with Crippen molar-refractivity contribution in [1.82, 2.24) is 15.5 Å². The monoisotopic (exact) mass is 348 g/mol. The van der Waals surface area contributed by atoms with Crippen LogP contribution in [-0.4, -0.2) is 27.9 Å². The highest BCUT2D eigenvalue weighted by molar-refractivity contribution is 6.31. The molecule has 2 rings (SSSR count). The van der Waals surface area contributed by atoms with Crippen molar-refractivity contribution in [1.29, 1.82) is 0 Å². The summed E-state index contributed by atoms with van der Waals surface area (Å²) in [5, 5.41) is 23.8. The zero-order valence-corrected chi connectivity index (χ0v) is 14.6. The number of rotatable bonds is 4. The van der Waals surface area contributed by atoms with E-state index in [0.717, 1.165) is 5.69 Å². The van der Waals surface area contributed by atoms with Gasteiger partial charge in [0, 0.05) is 22.5 Å². The summed E-state index contributed by atoms with van der Waals surface area (Å²) in [4.78, 5) is 11.9. The van der Waals surface area contributed by atoms with Crippen molar-refractivity contribution >= 4 is 23.4 Å². The summed E-state index contributed by atoms with van der Waals surface area (Å²) in [5.74, 6) is 0.340. The van der Waals surface area contributed by atoms with Gasteiger partial charge in [-0.15, -0.1) is 5.10 Å². The maximum absolute atomic E-state index is 11.9. The molecule has 0 fully saturated rings. The average Bonchev–Trinajstić information content (AvgIpc) is 2.53. The summed E-state index contributed by atoms with van der Waals surface area (Å²) in [6.07, 6.45) is -0.890. The molecule has 0 spiro atoms. The van der Waals surface area contributed by atoms with Crippen LogP contribution < -0.4 is 10.6 Å². The summed E-state index contributed by atoms with van der Waals surface area (Å²) in [6, 6.07) is 9.99. The van der Waals surface area contributed by atoms with Gasteiger partial charge in [0.25, 0.3) is 0 Å². The lowest BCUT2D eigenvalue weighted by Crippen LogP contribution is -2.32. The van der Waals surface area contributed by atoms with E-state index in [-0.39, 0.29) is 12.0 Å². The van der Waals surface area contributed by atoms with Crippen LogP contribution in [0.2, 0.25) is 5.02 Å². The Morgan fingerprint density at radius 2 is 1.92 bits per heavy atom. The molecule has 3 N–H and O–H groups in total. The lowest BCUT2D eigenvalue weighted by Gasteiger charge is -2.17. The molecule has 1 atom stereocenters. The molecule has 6 nitrogen and oxygen atoms in total. The first-order valence-electron chi connectivity index (χ1n) is 7.59. The minimum Gasteiger partial charge on any atom is -0.387 e. The van der Waals surface area contributed by atoms with Crippen LogP contribution in [0.5, 0.6) is 0 Å². The predicted octanol–water partition coefficient (Wildman–Crippen LogP) is 3.28. The van der Waals surface area contributed by atoms with Crippen LogP contribution in [0.3, 0.4) is 0 Å². The Kier molecular flexibility index (Phi) is 5.75. The Morgan fingerprint density at radius 3 is 2.50 bits per heavy atom. The molecule has 0 aliphatic heterocycles. The zero-order valence-electron chi connectivity index (χ0n) is 13.9. The third kappa shape index (κ3) is 4.91. The minimum atomic E-state index is -0.890. The number of halogens is 1. The predicted molar refractivity (Wildman–Crippen MR) is 94.2 cm³/mol. The van der Waals surface area contributed by atoms with Crippen LogP contribution in [0.15, 0.2) is 36.4 Å². The first-order chi connectivity index (χ1) is 11.3. The van der Waals surface area contributed by atoms with Gasteiger partial charge in [0.15, 0.2) is 5.82 Å². The molecule has 0 aliphatic carbocycles. The average molecular weight is 349 g/mol. The Balaban J connectivity index is 1.88. The Morgan fingerprint density at radius 1 is 1.21 bits per heavy atom. The van der Waals surface area contributed by atoms with Crippen LogP contribution in [0.25, 0.3) is 0 Å². The lowest BCUT2D eigenvalue weighted by atomic mass is 9.92. The number of carbonyl (C=O) groups is 1. The Labute approximate surface area is 146 Å². The molecule has 1 unspecified atom stereocenters. The third-order valence-electron chi connectivity index (χ3n) is 3.39. The van der Waals surface area contributed by atoms with Crippen LogP contribution in [0.4, 0.5) is 10.6 Å². The van der Waals surface area contributed by atoms with Crippen LogP contribution in [0.1, 0.15) is 38.1 Å². The molecular weight excluding hydrogens is 328 g/mol. The summed E-state index contributed by atoms with van der Waals surface area (Å²) < 4.78 is 0. The maximum Gasteiger partial charge on any atom is 0.320 e. The molecule has 24 heavy (non-hydrogen) atoms. The Bertz CT molecular complexity index is 698. The minimum absolute atomic E-state index is 0.0308. The van der Waals surface area contributed by atoms with Crippen LogP contribution in [-0.2, 0) is 5.41 Å². The zero-order chi connectivity index (χ0) is 17.7. The molecule has 0 saturated heterocycles. The second-order valence-corrected chi connectivity index (χ2v) is 6.83. The number of nitrogens with one attached hydrogen (secondary N) is 2. The SMILES string of the molecule is CC(C)(C)c1ccc(NC(=O)NCC(O)c2ccccc2Cl)nn1. The molecule has 1 heterocycles. The Hall–Kier alpha value is -2.18. The number of urea groups is 1. The highest BCUT2D eigenvalue weighted by atomic mass is 35.5. The number of anilines is 1. The summed E-state index contributed by atoms with van der Waals surface area (Å²) >= 11 is 6.01. The van der Waals surface area contributed by atoms with Gasteiger partial charge in [-0.2, -0.15) is 5.10 Å². The van der Waals surface area contributed by atoms with E-state index in [9.17, 15) is 9.90 Å². The fourth-order valence-electron chi connectivity index (χ4n) is 2.00. The van der Waals surface area contributed by atoms with Gasteiger partial charge in [-0.3, -0.25) is 5.32 Å². The molecule has 2 amide bonds. The molecule has 128 valence electrons. The van der Waals surface area contributed by atoms with E-state index >= 15 is 0 Å². The first-order valence-corrected chi connectivity index (χ1v) is 7.96. The molecule has 0 radical (unpaired) electrons. The van der Waals surface area contributed by atoms with Crippen molar-refractivity contribution in [2.75, 3.05) is 11.9 Å². The number of carbonyl (C=O) groups excluding carboxylic acids is 1. The smallest absolute Gasteiger partial charge is 0.320 e. The molecule has 0 aliphatic rings. The van der Waals surface area contributed by atoms with Crippen LogP contribution >= 0.6 is 11.6 Å². The lowest BCUT2D eigenvalue weighted by molar-refractivity contribution is 0.175. The van der Waals surface area contributed by atoms with Gasteiger partial charge in [0.2, 0.25) is 0 Å². The van der Waals surface area contributed by atoms with E-state index in [1.807, 2.05) is 26.8 Å². The second-order valence-electron chi connectivity index (χ2n) is 6.43. The second kappa shape index (κ2) is 7.59. The molecule has 0 saturated carbocycles. The fraction of sp³-hybridized carbons (Fsp3) is 0.353. The number of hydrogen-bond acceptors (Lipinski definition) is 4. The number of nitrogens with zero attached hydrogens (tertiary/aromatic N) is 2. The largest absolute Gasteiger partial charge is 0.387 e. The highest BCUT2D eigenvalue weighted by Gasteiger charge is 2.16. The van der Waals surface area contributed by atoms with E-state index < -0.39 is 12.1 Å². The van der Waals surface area contributed by atoms with Crippen molar-refractivity contribution in [2.24, 2.45) is 0 Å². The van der Waals surface area contributed by atoms with Gasteiger partial charge >= 0.3 is 6.03 Å². The molecule has 1 aromatic carbocycles. The third-order valence-corrected chi connectivity index (χ3v) is 3.74. The van der Waals surface area contributed by atoms with Gasteiger partial charge in [-0.05, 0) is 18.2 Å². The number of aromatic nitrogens is 2. The highest BCUT2D eigenvalue weighted by Crippen LogP contribution is 2.22. The topological polar surface area (TPSA) is 87.1 Å². The summed E-state index contributed by atoms with van der Waals surface area (Å²) in [7, 11) is 0.